The summed E-state index contributed by atoms with van der Waals surface area (Å²) in [5.41, 5.74) is 7.80. The number of carboxylic acid groups (broad SMARTS) is 1. The predicted octanol–water partition coefficient (Wildman–Crippen LogP) is 11.3. The quantitative estimate of drug-likeness (QED) is 0.00738. The number of nitrogens with one attached hydrogen (secondary N) is 9. The first-order chi connectivity index (χ1) is 66.5. The monoisotopic (exact) mass is 1970 g/mol. The van der Waals surface area contributed by atoms with E-state index < -0.39 is 188 Å². The van der Waals surface area contributed by atoms with Gasteiger partial charge in [0, 0.05) is 69.5 Å². The van der Waals surface area contributed by atoms with E-state index in [1.807, 2.05) is 146 Å². The lowest BCUT2D eigenvalue weighted by molar-refractivity contribution is -0.151. The summed E-state index contributed by atoms with van der Waals surface area (Å²) in [5.74, 6) is -8.82. The van der Waals surface area contributed by atoms with Crippen molar-refractivity contribution >= 4 is 92.1 Å². The van der Waals surface area contributed by atoms with Gasteiger partial charge in [0.15, 0.2) is 0 Å². The Morgan fingerprint density at radius 3 is 1.67 bits per heavy atom. The number of aliphatic carboxylic acids is 1. The van der Waals surface area contributed by atoms with Gasteiger partial charge in [-0.25, -0.2) is 22.3 Å². The Bertz CT molecular complexity index is 5920. The van der Waals surface area contributed by atoms with Gasteiger partial charge in [-0.15, -0.1) is 0 Å². The van der Waals surface area contributed by atoms with Crippen LogP contribution in [0.2, 0.25) is 0 Å². The number of nitrogens with two attached hydrogens (primary N) is 1. The molecule has 1 aromatic heterocycles. The van der Waals surface area contributed by atoms with E-state index in [0.29, 0.717) is 78.9 Å². The molecule has 0 saturated carbocycles. The lowest BCUT2D eigenvalue weighted by atomic mass is 9.77. The standard InChI is InChI=1S/C108H142N14O19S/c1-64(2)55-81(93(125)112-80(92(124)116-84(100(132)133)58-71-62-122(102(134)141-106(16,17)18)85-47-35-34-45-77(71)85)46-36-53-111-101(110)119(21)142(135,136)91-66(4)65(3)90-78(67(91)5)61-107(19,20)140-90)113-95(127)86-52-54-120(86)99(131)83(57-69-37-26-22-27-38-69)115-97(129)89(68(6)137-103(7,8)9)117-94(126)82(60-88(123)118-108(72-39-28-23-29-40-72,73-41-30-24-31-42-73)74-43-32-25-33-44-74)114-96(128)87-59-76(139-105(13,14)15)63-121(87)98(130)79(109)56-70-48-50-75(51-49-70)138-104(10,11)12/h22-35,37-45,47-51,62,64,68,76,79-84,86-87,89H,36,46,52-61,63,109H2,1-21H3,(H2,110,111)(H,112,125)(H,113,127)(H,114,128)(H,115,129)(H,116,124)(H,117,126)(H,118,123)(H,132,133)/t68-,76-,79-,80+,81+,82+,83+,84+,86+,87+,89+/m1/s1. The Balaban J connectivity index is 0.873. The van der Waals surface area contributed by atoms with E-state index in [0.717, 1.165) is 9.87 Å². The maximum absolute atomic E-state index is 16.1. The maximum Gasteiger partial charge on any atom is 0.419 e. The van der Waals surface area contributed by atoms with Crippen LogP contribution in [0.5, 0.6) is 11.5 Å². The number of carbonyl (C=O) groups excluding carboxylic acids is 10. The fourth-order valence-electron chi connectivity index (χ4n) is 18.5. The van der Waals surface area contributed by atoms with Gasteiger partial charge in [-0.3, -0.25) is 53.1 Å². The molecule has 764 valence electrons. The number of amides is 9. The van der Waals surface area contributed by atoms with Crippen LogP contribution in [0.4, 0.5) is 4.79 Å². The summed E-state index contributed by atoms with van der Waals surface area (Å²) in [7, 11) is -3.17. The molecule has 33 nitrogen and oxygen atoms in total. The molecule has 9 amide bonds. The number of para-hydroxylation sites is 1. The van der Waals surface area contributed by atoms with Crippen LogP contribution in [0.1, 0.15) is 212 Å². The number of hydrogen-bond acceptors (Lipinski definition) is 20. The summed E-state index contributed by atoms with van der Waals surface area (Å²) in [5, 5.41) is 43.4. The average Bonchev–Trinajstić information content (AvgIpc) is 1.74. The fourth-order valence-corrected chi connectivity index (χ4v) is 20.1. The number of carboxylic acids is 1. The molecule has 3 aliphatic heterocycles. The highest BCUT2D eigenvalue weighted by Gasteiger charge is 2.49. The Morgan fingerprint density at radius 1 is 0.585 bits per heavy atom. The largest absolute Gasteiger partial charge is 0.488 e. The predicted molar refractivity (Wildman–Crippen MR) is 541 cm³/mol. The number of benzene rings is 7. The molecule has 11 atom stereocenters. The first kappa shape index (κ1) is 109. The highest BCUT2D eigenvalue weighted by Crippen LogP contribution is 2.45. The number of ether oxygens (including phenoxy) is 5. The van der Waals surface area contributed by atoms with E-state index in [9.17, 15) is 23.1 Å². The molecule has 2 saturated heterocycles. The molecule has 0 aliphatic carbocycles. The minimum atomic E-state index is -4.40. The molecule has 0 bridgehead atoms. The van der Waals surface area contributed by atoms with Crippen LogP contribution in [0, 0.1) is 32.1 Å². The second kappa shape index (κ2) is 45.5. The molecule has 3 aliphatic rings. The van der Waals surface area contributed by atoms with Gasteiger partial charge < -0.3 is 86.9 Å². The van der Waals surface area contributed by atoms with Crippen molar-refractivity contribution in [3.05, 3.63) is 232 Å². The summed E-state index contributed by atoms with van der Waals surface area (Å²) in [6.07, 6.45) is -2.53. The minimum Gasteiger partial charge on any atom is -0.488 e. The van der Waals surface area contributed by atoms with Crippen molar-refractivity contribution in [2.75, 3.05) is 26.7 Å². The second-order valence-corrected chi connectivity index (χ2v) is 44.2. The molecule has 12 N–H and O–H groups in total. The molecule has 0 unspecified atom stereocenters. The molecular formula is C108H142N14O19S. The third-order valence-electron chi connectivity index (χ3n) is 25.1. The summed E-state index contributed by atoms with van der Waals surface area (Å²) >= 11 is 0. The average molecular weight is 1970 g/mol. The Kier molecular flexibility index (Phi) is 35.0. The summed E-state index contributed by atoms with van der Waals surface area (Å²) < 4.78 is 62.3. The zero-order valence-corrected chi connectivity index (χ0v) is 86.3. The molecule has 142 heavy (non-hydrogen) atoms. The van der Waals surface area contributed by atoms with E-state index >= 15 is 43.2 Å². The van der Waals surface area contributed by atoms with Gasteiger partial charge in [0.2, 0.25) is 59.1 Å². The molecule has 7 aromatic carbocycles. The van der Waals surface area contributed by atoms with Crippen LogP contribution in [0.15, 0.2) is 181 Å². The van der Waals surface area contributed by atoms with E-state index in [-0.39, 0.29) is 81.8 Å². The van der Waals surface area contributed by atoms with E-state index in [2.05, 4.69) is 42.5 Å². The topological polar surface area (TPSA) is 449 Å². The lowest BCUT2D eigenvalue weighted by Crippen LogP contribution is -2.66. The van der Waals surface area contributed by atoms with Crippen molar-refractivity contribution in [1.29, 1.82) is 5.41 Å². The first-order valence-corrected chi connectivity index (χ1v) is 50.0. The van der Waals surface area contributed by atoms with Gasteiger partial charge in [0.25, 0.3) is 10.0 Å². The number of rotatable bonds is 39. The highest BCUT2D eigenvalue weighted by atomic mass is 32.2. The van der Waals surface area contributed by atoms with Crippen molar-refractivity contribution in [1.82, 2.24) is 61.2 Å². The van der Waals surface area contributed by atoms with Crippen molar-refractivity contribution in [2.45, 2.75) is 308 Å². The zero-order chi connectivity index (χ0) is 104. The summed E-state index contributed by atoms with van der Waals surface area (Å²) in [4.78, 5) is 169. The van der Waals surface area contributed by atoms with Crippen LogP contribution >= 0.6 is 0 Å². The fraction of sp³-hybridized carbons (Fsp3) is 0.481. The number of hydrogen-bond donors (Lipinski definition) is 11. The maximum atomic E-state index is 16.1. The zero-order valence-electron chi connectivity index (χ0n) is 85.4. The van der Waals surface area contributed by atoms with Crippen LogP contribution in [0.25, 0.3) is 10.9 Å². The number of carbonyl (C=O) groups is 11. The van der Waals surface area contributed by atoms with Crippen molar-refractivity contribution in [3.8, 4) is 11.5 Å². The first-order valence-electron chi connectivity index (χ1n) is 48.5. The van der Waals surface area contributed by atoms with Crippen molar-refractivity contribution in [3.63, 3.8) is 0 Å². The number of likely N-dealkylation sites (tertiary alicyclic amines) is 2. The van der Waals surface area contributed by atoms with Gasteiger partial charge in [-0.2, -0.15) is 0 Å². The molecule has 0 spiro atoms. The van der Waals surface area contributed by atoms with Gasteiger partial charge in [0.1, 0.15) is 82.2 Å². The van der Waals surface area contributed by atoms with Crippen LogP contribution < -0.4 is 57.7 Å². The molecular weight excluding hydrogens is 1830 g/mol. The summed E-state index contributed by atoms with van der Waals surface area (Å²) in [6.45, 7) is 35.4. The van der Waals surface area contributed by atoms with Crippen molar-refractivity contribution in [2.24, 2.45) is 11.7 Å². The second-order valence-electron chi connectivity index (χ2n) is 42.3. The Morgan fingerprint density at radius 2 is 1.12 bits per heavy atom. The van der Waals surface area contributed by atoms with Crippen LogP contribution in [-0.2, 0) is 103 Å². The minimum absolute atomic E-state index is 0.0201. The van der Waals surface area contributed by atoms with E-state index in [4.69, 9.17) is 34.8 Å². The Hall–Kier alpha value is -13.1. The molecule has 34 heteroatoms. The van der Waals surface area contributed by atoms with Crippen LogP contribution in [0.3, 0.4) is 0 Å². The van der Waals surface area contributed by atoms with E-state index in [1.165, 1.54) is 34.5 Å². The molecule has 11 rings (SSSR count). The number of nitrogens with zero attached hydrogens (tertiary/aromatic N) is 4. The van der Waals surface area contributed by atoms with Gasteiger partial charge in [0.05, 0.1) is 46.3 Å². The lowest BCUT2D eigenvalue weighted by Gasteiger charge is -2.42. The number of guanidine groups is 1. The van der Waals surface area contributed by atoms with Crippen LogP contribution in [-0.4, -0.2) is 225 Å². The summed E-state index contributed by atoms with van der Waals surface area (Å²) in [6, 6.07) is 36.5. The van der Waals surface area contributed by atoms with Gasteiger partial charge in [-0.1, -0.05) is 166 Å². The molecule has 4 heterocycles. The van der Waals surface area contributed by atoms with Gasteiger partial charge in [-0.05, 0) is 231 Å². The number of sulfonamides is 1. The highest BCUT2D eigenvalue weighted by molar-refractivity contribution is 7.89. The third-order valence-corrected chi connectivity index (χ3v) is 27.2. The number of fused-ring (bicyclic) bond motifs is 2. The normalized spacial score (nSPS) is 17.1. The third kappa shape index (κ3) is 27.8. The molecule has 8 aromatic rings. The molecule has 2 fully saturated rings. The SMILES string of the molecule is Cc1c(C)c(S(=O)(=O)N(C)C(=N)NCCC[C@H](NC(=O)[C@H](CC(C)C)NC(=O)[C@@H]2CCN2C(=O)[C@H](Cc2ccccc2)NC(=O)[C@@H](NC(=O)[C@H](CC(=O)NC(c2ccccc2)(c2ccccc2)c2ccccc2)NC(=O)[C@@H]2C[C@@H](OC(C)(C)C)CN2C(=O)[C@H](N)Cc2ccc(OC(C)(C)C)cc2)[C@@H](C)OC(C)(C)C)C(=O)N[C@@H](Cc2cn(C(=O)OC(C)(C)C)c3ccccc23)C(=O)O)c(C)c2c1OC(C)(C)C2. The van der Waals surface area contributed by atoms with E-state index in [1.54, 1.807) is 155 Å². The Labute approximate surface area is 833 Å². The van der Waals surface area contributed by atoms with Gasteiger partial charge >= 0.3 is 12.1 Å². The smallest absolute Gasteiger partial charge is 0.419 e. The number of aromatic nitrogens is 1. The molecule has 0 radical (unpaired) electrons. The van der Waals surface area contributed by atoms with Crippen molar-refractivity contribution < 1.29 is 89.9 Å².